The zero-order valence-electron chi connectivity index (χ0n) is 18.2. The lowest BCUT2D eigenvalue weighted by Crippen LogP contribution is -2.42. The van der Waals surface area contributed by atoms with E-state index in [4.69, 9.17) is 33.7 Å². The van der Waals surface area contributed by atoms with E-state index in [9.17, 15) is 31.2 Å². The fourth-order valence-electron chi connectivity index (χ4n) is 3.43. The summed E-state index contributed by atoms with van der Waals surface area (Å²) in [6, 6.07) is 3.49. The number of rotatable bonds is 5. The van der Waals surface area contributed by atoms with Gasteiger partial charge in [0.25, 0.3) is 10.0 Å². The van der Waals surface area contributed by atoms with Crippen LogP contribution in [0.25, 0.3) is 0 Å². The molecule has 10 nitrogen and oxygen atoms in total. The average molecular weight is 576 g/mol. The number of ketones is 1. The molecule has 2 amide bonds. The van der Waals surface area contributed by atoms with Gasteiger partial charge in [-0.15, -0.1) is 0 Å². The van der Waals surface area contributed by atoms with Gasteiger partial charge in [-0.1, -0.05) is 23.2 Å². The van der Waals surface area contributed by atoms with E-state index >= 15 is 0 Å². The SMILES string of the molecule is NC(=O)N1CCOc2c(C(=O)c3ncc(Cl)cc3NS(=O)(=O)c3ccc(Cl)c(C(F)(F)F)c3)ccnc21. The van der Waals surface area contributed by atoms with E-state index in [-0.39, 0.29) is 35.3 Å². The molecule has 3 N–H and O–H groups in total. The molecule has 16 heteroatoms. The molecule has 1 aliphatic heterocycles. The number of anilines is 2. The third kappa shape index (κ3) is 5.26. The van der Waals surface area contributed by atoms with Gasteiger partial charge in [-0.25, -0.2) is 23.2 Å². The van der Waals surface area contributed by atoms with E-state index in [2.05, 4.69) is 14.7 Å². The summed E-state index contributed by atoms with van der Waals surface area (Å²) < 4.78 is 73.3. The number of carbonyl (C=O) groups excluding carboxylic acids is 2. The molecule has 0 fully saturated rings. The second-order valence-electron chi connectivity index (χ2n) is 7.47. The Kier molecular flexibility index (Phi) is 6.92. The van der Waals surface area contributed by atoms with Gasteiger partial charge in [-0.3, -0.25) is 14.4 Å². The summed E-state index contributed by atoms with van der Waals surface area (Å²) in [6.45, 7) is 0.0752. The number of alkyl halides is 3. The first kappa shape index (κ1) is 26.4. The predicted molar refractivity (Wildman–Crippen MR) is 127 cm³/mol. The van der Waals surface area contributed by atoms with Crippen LogP contribution in [0.4, 0.5) is 29.5 Å². The number of hydrogen-bond acceptors (Lipinski definition) is 7. The number of pyridine rings is 2. The van der Waals surface area contributed by atoms with Crippen LogP contribution in [0.3, 0.4) is 0 Å². The van der Waals surface area contributed by atoms with Crippen molar-refractivity contribution < 1.29 is 35.9 Å². The normalized spacial score (nSPS) is 13.5. The number of carbonyl (C=O) groups is 2. The summed E-state index contributed by atoms with van der Waals surface area (Å²) in [6.07, 6.45) is -2.63. The number of primary amides is 1. The minimum Gasteiger partial charge on any atom is -0.487 e. The number of sulfonamides is 1. The van der Waals surface area contributed by atoms with Gasteiger partial charge in [0.1, 0.15) is 12.3 Å². The number of nitrogens with two attached hydrogens (primary N) is 1. The smallest absolute Gasteiger partial charge is 0.417 e. The maximum Gasteiger partial charge on any atom is 0.417 e. The molecule has 0 saturated carbocycles. The Balaban J connectivity index is 1.76. The molecule has 4 rings (SSSR count). The highest BCUT2D eigenvalue weighted by molar-refractivity contribution is 7.92. The number of hydrogen-bond donors (Lipinski definition) is 2. The van der Waals surface area contributed by atoms with Crippen LogP contribution < -0.4 is 20.1 Å². The maximum atomic E-state index is 13.4. The van der Waals surface area contributed by atoms with Crippen molar-refractivity contribution in [3.05, 3.63) is 69.6 Å². The number of urea groups is 1. The first-order valence-corrected chi connectivity index (χ1v) is 12.3. The van der Waals surface area contributed by atoms with Gasteiger partial charge < -0.3 is 10.5 Å². The van der Waals surface area contributed by atoms with E-state index in [1.807, 2.05) is 0 Å². The quantitative estimate of drug-likeness (QED) is 0.435. The number of nitrogens with zero attached hydrogens (tertiary/aromatic N) is 3. The fourth-order valence-corrected chi connectivity index (χ4v) is 4.89. The van der Waals surface area contributed by atoms with Crippen LogP contribution in [0, 0.1) is 0 Å². The van der Waals surface area contributed by atoms with Gasteiger partial charge in [-0.05, 0) is 30.3 Å². The first-order valence-electron chi connectivity index (χ1n) is 10.1. The summed E-state index contributed by atoms with van der Waals surface area (Å²) >= 11 is 11.5. The van der Waals surface area contributed by atoms with Crippen LogP contribution in [0.2, 0.25) is 10.0 Å². The summed E-state index contributed by atoms with van der Waals surface area (Å²) in [5, 5.41) is -0.770. The molecule has 1 aliphatic rings. The molecule has 37 heavy (non-hydrogen) atoms. The highest BCUT2D eigenvalue weighted by Crippen LogP contribution is 2.37. The van der Waals surface area contributed by atoms with Crippen molar-refractivity contribution >= 4 is 56.5 Å². The van der Waals surface area contributed by atoms with E-state index < -0.39 is 54.9 Å². The van der Waals surface area contributed by atoms with E-state index in [1.54, 1.807) is 0 Å². The van der Waals surface area contributed by atoms with Gasteiger partial charge in [0, 0.05) is 12.4 Å². The van der Waals surface area contributed by atoms with Crippen molar-refractivity contribution in [2.75, 3.05) is 22.8 Å². The molecule has 0 aliphatic carbocycles. The third-order valence-corrected chi connectivity index (χ3v) is 6.98. The topological polar surface area (TPSA) is 145 Å². The van der Waals surface area contributed by atoms with E-state index in [0.717, 1.165) is 29.3 Å². The number of amides is 2. The van der Waals surface area contributed by atoms with Crippen LogP contribution in [0.5, 0.6) is 5.75 Å². The lowest BCUT2D eigenvalue weighted by Gasteiger charge is -2.27. The Morgan fingerprint density at radius 1 is 1.14 bits per heavy atom. The minimum atomic E-state index is -4.92. The number of fused-ring (bicyclic) bond motifs is 1. The van der Waals surface area contributed by atoms with Crippen LogP contribution in [-0.4, -0.2) is 43.4 Å². The summed E-state index contributed by atoms with van der Waals surface area (Å²) in [7, 11) is -4.68. The van der Waals surface area contributed by atoms with Crippen molar-refractivity contribution in [3.8, 4) is 5.75 Å². The number of aromatic nitrogens is 2. The Morgan fingerprint density at radius 2 is 1.86 bits per heavy atom. The van der Waals surface area contributed by atoms with Gasteiger partial charge >= 0.3 is 12.2 Å². The average Bonchev–Trinajstić information content (AvgIpc) is 2.82. The molecule has 0 bridgehead atoms. The molecule has 3 aromatic rings. The van der Waals surface area contributed by atoms with Crippen molar-refractivity contribution in [3.63, 3.8) is 0 Å². The Bertz CT molecular complexity index is 1540. The highest BCUT2D eigenvalue weighted by Gasteiger charge is 2.35. The monoisotopic (exact) mass is 575 g/mol. The Hall–Kier alpha value is -3.62. The van der Waals surface area contributed by atoms with Crippen LogP contribution in [-0.2, 0) is 16.2 Å². The van der Waals surface area contributed by atoms with E-state index in [0.29, 0.717) is 6.07 Å². The highest BCUT2D eigenvalue weighted by atomic mass is 35.5. The molecule has 0 spiro atoms. The standard InChI is InChI=1S/C21H14Cl2F3N5O5S/c22-10-7-15(30-37(34,35)11-1-2-14(23)13(8-11)21(24,25)26)16(29-9-10)17(32)12-3-4-28-19-18(12)36-6-5-31(19)20(27)33/h1-4,7-9,30H,5-6H2,(H2,27,33). The summed E-state index contributed by atoms with van der Waals surface area (Å²) in [4.78, 5) is 33.4. The molecular formula is C21H14Cl2F3N5O5S. The second kappa shape index (κ2) is 9.68. The van der Waals surface area contributed by atoms with Gasteiger partial charge in [-0.2, -0.15) is 13.2 Å². The summed E-state index contributed by atoms with van der Waals surface area (Å²) in [5.74, 6) is -0.969. The molecular weight excluding hydrogens is 562 g/mol. The third-order valence-electron chi connectivity index (χ3n) is 5.08. The van der Waals surface area contributed by atoms with Crippen LogP contribution in [0.15, 0.2) is 47.6 Å². The number of halogens is 5. The fraction of sp³-hybridized carbons (Fsp3) is 0.143. The molecule has 0 unspecified atom stereocenters. The predicted octanol–water partition coefficient (Wildman–Crippen LogP) is 4.11. The van der Waals surface area contributed by atoms with Crippen molar-refractivity contribution in [1.82, 2.24) is 9.97 Å². The number of benzene rings is 1. The lowest BCUT2D eigenvalue weighted by molar-refractivity contribution is -0.137. The molecule has 0 atom stereocenters. The second-order valence-corrected chi connectivity index (χ2v) is 10.00. The molecule has 1 aromatic carbocycles. The van der Waals surface area contributed by atoms with Gasteiger partial charge in [0.2, 0.25) is 5.78 Å². The van der Waals surface area contributed by atoms with Crippen molar-refractivity contribution in [1.29, 1.82) is 0 Å². The Morgan fingerprint density at radius 3 is 2.54 bits per heavy atom. The minimum absolute atomic E-state index is 0.00640. The molecule has 194 valence electrons. The van der Waals surface area contributed by atoms with E-state index in [1.165, 1.54) is 12.3 Å². The first-order chi connectivity index (χ1) is 17.3. The van der Waals surface area contributed by atoms with Crippen molar-refractivity contribution in [2.24, 2.45) is 5.73 Å². The number of nitrogens with one attached hydrogen (secondary N) is 1. The summed E-state index contributed by atoms with van der Waals surface area (Å²) in [5.41, 5.74) is 2.99. The number of ether oxygens (including phenoxy) is 1. The zero-order chi connectivity index (χ0) is 27.1. The molecule has 3 heterocycles. The molecule has 2 aromatic heterocycles. The Labute approximate surface area is 217 Å². The van der Waals surface area contributed by atoms with Crippen molar-refractivity contribution in [2.45, 2.75) is 11.1 Å². The molecule has 0 radical (unpaired) electrons. The largest absolute Gasteiger partial charge is 0.487 e. The zero-order valence-corrected chi connectivity index (χ0v) is 20.5. The van der Waals surface area contributed by atoms with Crippen LogP contribution in [0.1, 0.15) is 21.6 Å². The molecule has 0 saturated heterocycles. The van der Waals surface area contributed by atoms with Gasteiger partial charge in [0.15, 0.2) is 11.6 Å². The lowest BCUT2D eigenvalue weighted by atomic mass is 10.1. The van der Waals surface area contributed by atoms with Crippen LogP contribution >= 0.6 is 23.2 Å². The maximum absolute atomic E-state index is 13.4. The van der Waals surface area contributed by atoms with Gasteiger partial charge in [0.05, 0.1) is 38.3 Å².